The number of anilines is 1. The molecule has 2 rings (SSSR count). The van der Waals surface area contributed by atoms with Gasteiger partial charge in [0, 0.05) is 36.7 Å². The smallest absolute Gasteiger partial charge is 0.225 e. The molecule has 4 nitrogen and oxygen atoms in total. The molecule has 2 unspecified atom stereocenters. The van der Waals surface area contributed by atoms with E-state index in [0.717, 1.165) is 22.6 Å². The van der Waals surface area contributed by atoms with Gasteiger partial charge in [0.2, 0.25) is 5.91 Å². The summed E-state index contributed by atoms with van der Waals surface area (Å²) in [4.78, 5) is 17.8. The number of thiazole rings is 1. The van der Waals surface area contributed by atoms with Gasteiger partial charge in [-0.1, -0.05) is 6.42 Å². The third-order valence-corrected chi connectivity index (χ3v) is 5.85. The molecule has 0 spiro atoms. The summed E-state index contributed by atoms with van der Waals surface area (Å²) in [7, 11) is 0. The highest BCUT2D eigenvalue weighted by molar-refractivity contribution is 7.99. The maximum absolute atomic E-state index is 11.5. The number of carbonyl (C=O) groups excluding carboxylic acids is 1. The first-order valence-corrected chi connectivity index (χ1v) is 9.31. The maximum atomic E-state index is 11.5. The molecule has 1 aliphatic carbocycles. The van der Waals surface area contributed by atoms with Crippen LogP contribution >= 0.6 is 23.1 Å². The molecule has 1 amide bonds. The second kappa shape index (κ2) is 7.43. The molecule has 2 atom stereocenters. The Bertz CT molecular complexity index is 449. The average Bonchev–Trinajstić information content (AvgIpc) is 3.05. The van der Waals surface area contributed by atoms with Crippen LogP contribution in [0, 0.1) is 0 Å². The summed E-state index contributed by atoms with van der Waals surface area (Å²) in [6.45, 7) is 5.04. The molecule has 0 saturated heterocycles. The molecule has 112 valence electrons. The van der Waals surface area contributed by atoms with Crippen LogP contribution in [0.2, 0.25) is 0 Å². The van der Waals surface area contributed by atoms with Gasteiger partial charge in [0.25, 0.3) is 0 Å². The lowest BCUT2D eigenvalue weighted by atomic mass is 10.2. The van der Waals surface area contributed by atoms with Gasteiger partial charge in [-0.3, -0.25) is 9.69 Å². The first-order chi connectivity index (χ1) is 9.65. The van der Waals surface area contributed by atoms with E-state index in [4.69, 9.17) is 0 Å². The topological polar surface area (TPSA) is 45.2 Å². The number of thioether (sulfide) groups is 1. The minimum absolute atomic E-state index is 0.0552. The second-order valence-electron chi connectivity index (χ2n) is 5.08. The molecule has 1 heterocycles. The van der Waals surface area contributed by atoms with E-state index in [1.54, 1.807) is 23.2 Å². The van der Waals surface area contributed by atoms with Crippen LogP contribution in [0.15, 0.2) is 5.38 Å². The van der Waals surface area contributed by atoms with Crippen molar-refractivity contribution in [3.63, 3.8) is 0 Å². The van der Waals surface area contributed by atoms with E-state index in [0.29, 0.717) is 12.6 Å². The molecule has 1 fully saturated rings. The number of hydrogen-bond donors (Lipinski definition) is 1. The molecule has 0 radical (unpaired) electrons. The molecule has 20 heavy (non-hydrogen) atoms. The Morgan fingerprint density at radius 2 is 2.40 bits per heavy atom. The predicted octanol–water partition coefficient (Wildman–Crippen LogP) is 2.89. The molecular formula is C14H23N3OS2. The minimum Gasteiger partial charge on any atom is -0.307 e. The van der Waals surface area contributed by atoms with Crippen molar-refractivity contribution in [2.75, 3.05) is 17.7 Å². The number of carbonyl (C=O) groups is 1. The monoisotopic (exact) mass is 313 g/mol. The van der Waals surface area contributed by atoms with Gasteiger partial charge in [-0.2, -0.15) is 11.8 Å². The summed E-state index contributed by atoms with van der Waals surface area (Å²) in [6, 6.07) is 0.602. The zero-order valence-electron chi connectivity index (χ0n) is 12.4. The Balaban J connectivity index is 1.91. The number of hydrogen-bond acceptors (Lipinski definition) is 5. The molecule has 1 aromatic heterocycles. The van der Waals surface area contributed by atoms with Crippen LogP contribution < -0.4 is 10.2 Å². The number of amides is 1. The molecule has 1 N–H and O–H groups in total. The van der Waals surface area contributed by atoms with Gasteiger partial charge in [-0.25, -0.2) is 4.98 Å². The van der Waals surface area contributed by atoms with Crippen molar-refractivity contribution in [3.05, 3.63) is 11.1 Å². The van der Waals surface area contributed by atoms with E-state index in [2.05, 4.69) is 21.9 Å². The number of nitrogens with one attached hydrogen (secondary N) is 1. The van der Waals surface area contributed by atoms with E-state index in [-0.39, 0.29) is 5.91 Å². The van der Waals surface area contributed by atoms with E-state index >= 15 is 0 Å². The van der Waals surface area contributed by atoms with Gasteiger partial charge in [0.15, 0.2) is 5.13 Å². The average molecular weight is 313 g/mol. The molecule has 1 saturated carbocycles. The SMILES string of the molecule is CCN(C(C)=O)c1nc(CNC2CCCC2SC)cs1. The predicted molar refractivity (Wildman–Crippen MR) is 87.6 cm³/mol. The van der Waals surface area contributed by atoms with Crippen molar-refractivity contribution >= 4 is 34.1 Å². The molecule has 6 heteroatoms. The van der Waals surface area contributed by atoms with Gasteiger partial charge in [-0.05, 0) is 26.0 Å². The van der Waals surface area contributed by atoms with Crippen molar-refractivity contribution in [2.24, 2.45) is 0 Å². The summed E-state index contributed by atoms with van der Waals surface area (Å²) in [5.41, 5.74) is 1.04. The largest absolute Gasteiger partial charge is 0.307 e. The summed E-state index contributed by atoms with van der Waals surface area (Å²) in [5.74, 6) is 0.0552. The van der Waals surface area contributed by atoms with Gasteiger partial charge in [0.05, 0.1) is 5.69 Å². The van der Waals surface area contributed by atoms with Gasteiger partial charge >= 0.3 is 0 Å². The third kappa shape index (κ3) is 3.74. The molecule has 0 aromatic carbocycles. The Hall–Kier alpha value is -0.590. The fourth-order valence-electron chi connectivity index (χ4n) is 2.67. The van der Waals surface area contributed by atoms with Gasteiger partial charge in [0.1, 0.15) is 0 Å². The van der Waals surface area contributed by atoms with Crippen LogP contribution in [-0.4, -0.2) is 35.0 Å². The van der Waals surface area contributed by atoms with E-state index in [1.807, 2.05) is 18.7 Å². The Morgan fingerprint density at radius 1 is 1.60 bits per heavy atom. The van der Waals surface area contributed by atoms with Crippen LogP contribution in [0.5, 0.6) is 0 Å². The number of nitrogens with zero attached hydrogens (tertiary/aromatic N) is 2. The Labute approximate surface area is 129 Å². The molecule has 1 aliphatic rings. The molecule has 0 aliphatic heterocycles. The minimum atomic E-state index is 0.0552. The van der Waals surface area contributed by atoms with E-state index in [1.165, 1.54) is 19.3 Å². The van der Waals surface area contributed by atoms with Crippen LogP contribution in [0.25, 0.3) is 0 Å². The molecule has 0 bridgehead atoms. The zero-order chi connectivity index (χ0) is 14.5. The summed E-state index contributed by atoms with van der Waals surface area (Å²) < 4.78 is 0. The highest BCUT2D eigenvalue weighted by atomic mass is 32.2. The quantitative estimate of drug-likeness (QED) is 0.877. The molecular weight excluding hydrogens is 290 g/mol. The zero-order valence-corrected chi connectivity index (χ0v) is 14.0. The Morgan fingerprint density at radius 3 is 3.05 bits per heavy atom. The summed E-state index contributed by atoms with van der Waals surface area (Å²) in [5, 5.41) is 7.21. The summed E-state index contributed by atoms with van der Waals surface area (Å²) in [6.07, 6.45) is 6.09. The Kier molecular flexibility index (Phi) is 5.86. The lowest BCUT2D eigenvalue weighted by Crippen LogP contribution is -2.33. The second-order valence-corrected chi connectivity index (χ2v) is 6.99. The van der Waals surface area contributed by atoms with Crippen molar-refractivity contribution in [2.45, 2.75) is 50.9 Å². The lowest BCUT2D eigenvalue weighted by Gasteiger charge is -2.18. The van der Waals surface area contributed by atoms with E-state index < -0.39 is 0 Å². The van der Waals surface area contributed by atoms with Gasteiger partial charge in [-0.15, -0.1) is 11.3 Å². The normalized spacial score (nSPS) is 22.1. The maximum Gasteiger partial charge on any atom is 0.225 e. The highest BCUT2D eigenvalue weighted by Gasteiger charge is 2.26. The van der Waals surface area contributed by atoms with Crippen molar-refractivity contribution in [3.8, 4) is 0 Å². The van der Waals surface area contributed by atoms with Crippen LogP contribution in [0.1, 0.15) is 38.8 Å². The van der Waals surface area contributed by atoms with Crippen molar-refractivity contribution in [1.82, 2.24) is 10.3 Å². The van der Waals surface area contributed by atoms with E-state index in [9.17, 15) is 4.79 Å². The third-order valence-electron chi connectivity index (χ3n) is 3.77. The molecule has 1 aromatic rings. The first-order valence-electron chi connectivity index (χ1n) is 7.14. The number of aromatic nitrogens is 1. The van der Waals surface area contributed by atoms with Crippen LogP contribution in [0.4, 0.5) is 5.13 Å². The van der Waals surface area contributed by atoms with Crippen LogP contribution in [-0.2, 0) is 11.3 Å². The first kappa shape index (κ1) is 15.8. The van der Waals surface area contributed by atoms with Crippen molar-refractivity contribution < 1.29 is 4.79 Å². The number of rotatable bonds is 6. The fourth-order valence-corrected chi connectivity index (χ4v) is 4.57. The highest BCUT2D eigenvalue weighted by Crippen LogP contribution is 2.29. The van der Waals surface area contributed by atoms with Crippen LogP contribution in [0.3, 0.4) is 0 Å². The lowest BCUT2D eigenvalue weighted by molar-refractivity contribution is -0.116. The fraction of sp³-hybridized carbons (Fsp3) is 0.714. The standard InChI is InChI=1S/C14H23N3OS2/c1-4-17(10(2)18)14-16-11(9-20-14)8-15-12-6-5-7-13(12)19-3/h9,12-13,15H,4-8H2,1-3H3. The van der Waals surface area contributed by atoms with Gasteiger partial charge < -0.3 is 5.32 Å². The summed E-state index contributed by atoms with van der Waals surface area (Å²) >= 11 is 3.51. The van der Waals surface area contributed by atoms with Crippen molar-refractivity contribution in [1.29, 1.82) is 0 Å².